The summed E-state index contributed by atoms with van der Waals surface area (Å²) >= 11 is 3.40. The van der Waals surface area contributed by atoms with Crippen molar-refractivity contribution in [2.45, 2.75) is 13.1 Å². The third-order valence-electron chi connectivity index (χ3n) is 2.17. The van der Waals surface area contributed by atoms with Crippen LogP contribution < -0.4 is 5.73 Å². The first-order chi connectivity index (χ1) is 7.28. The fourth-order valence-electron chi connectivity index (χ4n) is 1.46. The van der Waals surface area contributed by atoms with E-state index in [1.54, 1.807) is 6.20 Å². The Labute approximate surface area is 97.1 Å². The minimum atomic E-state index is 0.587. The summed E-state index contributed by atoms with van der Waals surface area (Å²) in [6.45, 7) is 1.41. The molecular formula is C11H12BrN3. The van der Waals surface area contributed by atoms with E-state index in [-0.39, 0.29) is 0 Å². The van der Waals surface area contributed by atoms with Crippen molar-refractivity contribution in [3.8, 4) is 0 Å². The molecule has 2 N–H and O–H groups in total. The molecule has 0 aliphatic rings. The molecule has 4 heteroatoms. The molecular weight excluding hydrogens is 254 g/mol. The van der Waals surface area contributed by atoms with E-state index in [9.17, 15) is 0 Å². The summed E-state index contributed by atoms with van der Waals surface area (Å²) in [5.41, 5.74) is 7.87. The van der Waals surface area contributed by atoms with Gasteiger partial charge in [0, 0.05) is 42.3 Å². The molecule has 2 heterocycles. The maximum atomic E-state index is 5.55. The molecule has 0 spiro atoms. The van der Waals surface area contributed by atoms with Crippen LogP contribution in [0.2, 0.25) is 0 Å². The third kappa shape index (κ3) is 2.67. The highest BCUT2D eigenvalue weighted by atomic mass is 79.9. The first kappa shape index (κ1) is 10.4. The van der Waals surface area contributed by atoms with Crippen molar-refractivity contribution in [1.29, 1.82) is 0 Å². The van der Waals surface area contributed by atoms with Gasteiger partial charge in [-0.05, 0) is 39.2 Å². The van der Waals surface area contributed by atoms with E-state index < -0.39 is 0 Å². The predicted molar refractivity (Wildman–Crippen MR) is 63.4 cm³/mol. The van der Waals surface area contributed by atoms with Crippen molar-refractivity contribution in [2.75, 3.05) is 0 Å². The van der Waals surface area contributed by atoms with Crippen molar-refractivity contribution < 1.29 is 0 Å². The van der Waals surface area contributed by atoms with E-state index in [1.165, 1.54) is 5.56 Å². The Hall–Kier alpha value is -1.13. The maximum absolute atomic E-state index is 5.55. The number of nitrogens with two attached hydrogens (primary N) is 1. The number of hydrogen-bond acceptors (Lipinski definition) is 2. The summed E-state index contributed by atoms with van der Waals surface area (Å²) < 4.78 is 3.11. The van der Waals surface area contributed by atoms with Crippen molar-refractivity contribution in [3.05, 3.63) is 52.5 Å². The van der Waals surface area contributed by atoms with Gasteiger partial charge < -0.3 is 10.3 Å². The minimum absolute atomic E-state index is 0.587. The zero-order valence-corrected chi connectivity index (χ0v) is 9.81. The summed E-state index contributed by atoms with van der Waals surface area (Å²) in [5.74, 6) is 0. The van der Waals surface area contributed by atoms with E-state index in [0.717, 1.165) is 16.6 Å². The van der Waals surface area contributed by atoms with E-state index in [2.05, 4.69) is 37.7 Å². The molecule has 0 aliphatic heterocycles. The molecule has 2 aromatic rings. The van der Waals surface area contributed by atoms with Gasteiger partial charge in [-0.3, -0.25) is 4.98 Å². The smallest absolute Gasteiger partial charge is 0.0485 e. The monoisotopic (exact) mass is 265 g/mol. The summed E-state index contributed by atoms with van der Waals surface area (Å²) in [4.78, 5) is 4.12. The van der Waals surface area contributed by atoms with E-state index in [0.29, 0.717) is 6.54 Å². The van der Waals surface area contributed by atoms with Crippen LogP contribution in [-0.4, -0.2) is 9.55 Å². The summed E-state index contributed by atoms with van der Waals surface area (Å²) in [6, 6.07) is 4.10. The highest BCUT2D eigenvalue weighted by Gasteiger charge is 1.98. The number of pyridine rings is 1. The van der Waals surface area contributed by atoms with Crippen LogP contribution in [0.5, 0.6) is 0 Å². The Bertz CT molecular complexity index is 451. The summed E-state index contributed by atoms with van der Waals surface area (Å²) in [5, 5.41) is 0. The van der Waals surface area contributed by atoms with Gasteiger partial charge in [-0.2, -0.15) is 0 Å². The topological polar surface area (TPSA) is 43.8 Å². The quantitative estimate of drug-likeness (QED) is 0.925. The number of hydrogen-bond donors (Lipinski definition) is 1. The SMILES string of the molecule is NCc1ccn(Cc2cncc(Br)c2)c1. The number of rotatable bonds is 3. The van der Waals surface area contributed by atoms with Gasteiger partial charge in [0.2, 0.25) is 0 Å². The standard InChI is InChI=1S/C11H12BrN3/c12-11-3-10(5-14-6-11)8-15-2-1-9(4-13)7-15/h1-3,5-7H,4,8,13H2. The number of halogens is 1. The molecule has 0 saturated carbocycles. The Balaban J connectivity index is 2.14. The fraction of sp³-hybridized carbons (Fsp3) is 0.182. The van der Waals surface area contributed by atoms with Gasteiger partial charge in [0.1, 0.15) is 0 Å². The molecule has 0 atom stereocenters. The molecule has 15 heavy (non-hydrogen) atoms. The Kier molecular flexibility index (Phi) is 3.18. The Morgan fingerprint density at radius 2 is 2.20 bits per heavy atom. The van der Waals surface area contributed by atoms with E-state index in [1.807, 2.05) is 18.5 Å². The molecule has 0 saturated heterocycles. The highest BCUT2D eigenvalue weighted by Crippen LogP contribution is 2.11. The van der Waals surface area contributed by atoms with Crippen LogP contribution in [-0.2, 0) is 13.1 Å². The molecule has 0 radical (unpaired) electrons. The lowest BCUT2D eigenvalue weighted by Crippen LogP contribution is -1.98. The average molecular weight is 266 g/mol. The lowest BCUT2D eigenvalue weighted by Gasteiger charge is -2.02. The second-order valence-corrected chi connectivity index (χ2v) is 4.32. The third-order valence-corrected chi connectivity index (χ3v) is 2.61. The Morgan fingerprint density at radius 3 is 2.87 bits per heavy atom. The molecule has 0 amide bonds. The van der Waals surface area contributed by atoms with Crippen LogP contribution in [0, 0.1) is 0 Å². The van der Waals surface area contributed by atoms with Crippen LogP contribution in [0.15, 0.2) is 41.4 Å². The highest BCUT2D eigenvalue weighted by molar-refractivity contribution is 9.10. The Morgan fingerprint density at radius 1 is 1.33 bits per heavy atom. The lowest BCUT2D eigenvalue weighted by molar-refractivity contribution is 0.796. The molecule has 78 valence electrons. The maximum Gasteiger partial charge on any atom is 0.0485 e. The van der Waals surface area contributed by atoms with Crippen molar-refractivity contribution >= 4 is 15.9 Å². The average Bonchev–Trinajstić information content (AvgIpc) is 2.65. The van der Waals surface area contributed by atoms with Crippen LogP contribution in [0.4, 0.5) is 0 Å². The molecule has 0 unspecified atom stereocenters. The molecule has 0 aromatic carbocycles. The molecule has 3 nitrogen and oxygen atoms in total. The van der Waals surface area contributed by atoms with E-state index >= 15 is 0 Å². The van der Waals surface area contributed by atoms with Crippen molar-refractivity contribution in [1.82, 2.24) is 9.55 Å². The fourth-order valence-corrected chi connectivity index (χ4v) is 1.88. The molecule has 0 fully saturated rings. The van der Waals surface area contributed by atoms with Gasteiger partial charge in [0.15, 0.2) is 0 Å². The lowest BCUT2D eigenvalue weighted by atomic mass is 10.3. The molecule has 2 aromatic heterocycles. The van der Waals surface area contributed by atoms with Gasteiger partial charge in [0.25, 0.3) is 0 Å². The summed E-state index contributed by atoms with van der Waals surface area (Å²) in [6.07, 6.45) is 7.74. The van der Waals surface area contributed by atoms with Crippen LogP contribution >= 0.6 is 15.9 Å². The van der Waals surface area contributed by atoms with Crippen LogP contribution in [0.3, 0.4) is 0 Å². The van der Waals surface area contributed by atoms with Gasteiger partial charge in [-0.1, -0.05) is 0 Å². The molecule has 0 bridgehead atoms. The zero-order valence-electron chi connectivity index (χ0n) is 8.23. The van der Waals surface area contributed by atoms with Gasteiger partial charge in [0.05, 0.1) is 0 Å². The predicted octanol–water partition coefficient (Wildman–Crippen LogP) is 2.15. The molecule has 2 rings (SSSR count). The molecule has 0 aliphatic carbocycles. The van der Waals surface area contributed by atoms with E-state index in [4.69, 9.17) is 5.73 Å². The second kappa shape index (κ2) is 4.59. The van der Waals surface area contributed by atoms with Crippen molar-refractivity contribution in [3.63, 3.8) is 0 Å². The first-order valence-electron chi connectivity index (χ1n) is 4.72. The second-order valence-electron chi connectivity index (χ2n) is 3.41. The van der Waals surface area contributed by atoms with Crippen molar-refractivity contribution in [2.24, 2.45) is 5.73 Å². The summed E-state index contributed by atoms with van der Waals surface area (Å²) in [7, 11) is 0. The number of nitrogens with zero attached hydrogens (tertiary/aromatic N) is 2. The van der Waals surface area contributed by atoms with Gasteiger partial charge in [-0.25, -0.2) is 0 Å². The zero-order chi connectivity index (χ0) is 10.7. The normalized spacial score (nSPS) is 10.5. The largest absolute Gasteiger partial charge is 0.350 e. The van der Waals surface area contributed by atoms with Crippen LogP contribution in [0.25, 0.3) is 0 Å². The van der Waals surface area contributed by atoms with Gasteiger partial charge >= 0.3 is 0 Å². The number of aromatic nitrogens is 2. The van der Waals surface area contributed by atoms with Gasteiger partial charge in [-0.15, -0.1) is 0 Å². The first-order valence-corrected chi connectivity index (χ1v) is 5.51. The minimum Gasteiger partial charge on any atom is -0.350 e. The van der Waals surface area contributed by atoms with Crippen LogP contribution in [0.1, 0.15) is 11.1 Å².